The first-order valence-corrected chi connectivity index (χ1v) is 20.6. The Kier molecular flexibility index (Phi) is 7.10. The first-order chi connectivity index (χ1) is 24.9. The van der Waals surface area contributed by atoms with Crippen molar-refractivity contribution in [1.29, 1.82) is 0 Å². The van der Waals surface area contributed by atoms with E-state index in [1.165, 1.54) is 32.2 Å². The Hall–Kier alpha value is -4.71. The van der Waals surface area contributed by atoms with E-state index in [0.717, 1.165) is 59.4 Å². The van der Waals surface area contributed by atoms with E-state index in [0.29, 0.717) is 27.5 Å². The first-order valence-electron chi connectivity index (χ1n) is 18.3. The molecule has 0 saturated heterocycles. The van der Waals surface area contributed by atoms with E-state index >= 15 is 0 Å². The molecule has 7 aromatic rings. The van der Waals surface area contributed by atoms with Crippen molar-refractivity contribution in [2.75, 3.05) is 4.90 Å². The predicted octanol–water partition coefficient (Wildman–Crippen LogP) is 12.5. The van der Waals surface area contributed by atoms with Crippen LogP contribution in [0.4, 0.5) is 17.1 Å². The Morgan fingerprint density at radius 2 is 1.22 bits per heavy atom. The molecular weight excluding hydrogens is 663 g/mol. The highest BCUT2D eigenvalue weighted by atomic mass is 32.2. The zero-order valence-corrected chi connectivity index (χ0v) is 30.3. The van der Waals surface area contributed by atoms with Crippen molar-refractivity contribution in [2.45, 2.75) is 54.2 Å². The second kappa shape index (κ2) is 11.7. The maximum Gasteiger partial charge on any atom is 0.207 e. The summed E-state index contributed by atoms with van der Waals surface area (Å²) in [6.07, 6.45) is 5.81. The molecule has 51 heavy (non-hydrogen) atoms. The topological polar surface area (TPSA) is 37.4 Å². The molecule has 1 aromatic heterocycles. The number of hydrogen-bond donors (Lipinski definition) is 0. The van der Waals surface area contributed by atoms with Gasteiger partial charge in [0.15, 0.2) is 0 Å². The van der Waals surface area contributed by atoms with Crippen molar-refractivity contribution in [3.8, 4) is 11.1 Å². The van der Waals surface area contributed by atoms with E-state index in [1.54, 1.807) is 0 Å². The average molecular weight is 702 g/mol. The van der Waals surface area contributed by atoms with Gasteiger partial charge in [0.05, 0.1) is 9.79 Å². The van der Waals surface area contributed by atoms with Crippen LogP contribution in [0.1, 0.15) is 50.2 Å². The minimum Gasteiger partial charge on any atom is -0.310 e. The fourth-order valence-corrected chi connectivity index (χ4v) is 13.2. The first kappa shape index (κ1) is 31.1. The molecule has 3 aliphatic rings. The third-order valence-corrected chi connectivity index (χ3v) is 15.2. The SMILES string of the molecule is C[C@@H]1C[C@H]2CCC[C@@H](C1)C21c2ccccc2S(=O)(=O)c2cc(N(c3ccccc3)c3ccc(-c4ccc5c(c4)sc4ccccc45)cc3)ccc21. The van der Waals surface area contributed by atoms with Gasteiger partial charge in [0.1, 0.15) is 0 Å². The molecular formula is C46H39NO2S2. The highest BCUT2D eigenvalue weighted by Gasteiger charge is 2.58. The summed E-state index contributed by atoms with van der Waals surface area (Å²) in [6.45, 7) is 2.39. The predicted molar refractivity (Wildman–Crippen MR) is 211 cm³/mol. The summed E-state index contributed by atoms with van der Waals surface area (Å²) in [4.78, 5) is 3.19. The van der Waals surface area contributed by atoms with Crippen LogP contribution in [0.15, 0.2) is 149 Å². The van der Waals surface area contributed by atoms with Crippen molar-refractivity contribution < 1.29 is 8.42 Å². The summed E-state index contributed by atoms with van der Waals surface area (Å²) in [7, 11) is -3.74. The Bertz CT molecular complexity index is 2560. The quantitative estimate of drug-likeness (QED) is 0.183. The van der Waals surface area contributed by atoms with E-state index < -0.39 is 9.84 Å². The maximum absolute atomic E-state index is 14.7. The van der Waals surface area contributed by atoms with Crippen LogP contribution in [0.3, 0.4) is 0 Å². The summed E-state index contributed by atoms with van der Waals surface area (Å²) in [5.41, 5.74) is 6.95. The molecule has 0 radical (unpaired) electrons. The van der Waals surface area contributed by atoms with Crippen molar-refractivity contribution in [3.63, 3.8) is 0 Å². The fourth-order valence-electron chi connectivity index (χ4n) is 10.2. The van der Waals surface area contributed by atoms with E-state index in [-0.39, 0.29) is 5.41 Å². The van der Waals surface area contributed by atoms with Gasteiger partial charge in [-0.2, -0.15) is 0 Å². The number of fused-ring (bicyclic) bond motifs is 5. The third kappa shape index (κ3) is 4.64. The van der Waals surface area contributed by atoms with Gasteiger partial charge in [-0.1, -0.05) is 98.3 Å². The molecule has 2 aliphatic carbocycles. The number of anilines is 3. The van der Waals surface area contributed by atoms with Crippen LogP contribution in [0.25, 0.3) is 31.3 Å². The lowest BCUT2D eigenvalue weighted by molar-refractivity contribution is 0.0488. The van der Waals surface area contributed by atoms with Crippen molar-refractivity contribution in [2.24, 2.45) is 17.8 Å². The number of benzene rings is 6. The van der Waals surface area contributed by atoms with Crippen LogP contribution in [0, 0.1) is 17.8 Å². The van der Waals surface area contributed by atoms with Crippen LogP contribution in [-0.4, -0.2) is 8.42 Å². The number of hydrogen-bond acceptors (Lipinski definition) is 4. The van der Waals surface area contributed by atoms with Gasteiger partial charge in [-0.15, -0.1) is 11.3 Å². The van der Waals surface area contributed by atoms with Gasteiger partial charge >= 0.3 is 0 Å². The molecule has 10 rings (SSSR count). The zero-order valence-electron chi connectivity index (χ0n) is 28.6. The molecule has 6 aromatic carbocycles. The number of sulfone groups is 1. The van der Waals surface area contributed by atoms with Gasteiger partial charge in [0.2, 0.25) is 9.84 Å². The number of rotatable bonds is 4. The molecule has 1 unspecified atom stereocenters. The van der Waals surface area contributed by atoms with Crippen LogP contribution < -0.4 is 4.90 Å². The highest BCUT2D eigenvalue weighted by Crippen LogP contribution is 2.63. The molecule has 0 amide bonds. The smallest absolute Gasteiger partial charge is 0.207 e. The summed E-state index contributed by atoms with van der Waals surface area (Å²) >= 11 is 1.84. The molecule has 252 valence electrons. The van der Waals surface area contributed by atoms with Crippen molar-refractivity contribution in [3.05, 3.63) is 151 Å². The number of nitrogens with zero attached hydrogens (tertiary/aromatic N) is 1. The van der Waals surface area contributed by atoms with Gasteiger partial charge in [-0.25, -0.2) is 8.42 Å². The van der Waals surface area contributed by atoms with Gasteiger partial charge in [0.25, 0.3) is 0 Å². The van der Waals surface area contributed by atoms with Crippen LogP contribution >= 0.6 is 11.3 Å². The standard InChI is InChI=1S/C46H39NO2S2/c1-30-26-33-10-9-11-34(27-30)46(33)40-15-6-8-17-44(40)51(48,49)45-29-37(23-25-41(45)46)47(35-12-3-2-4-13-35)36-21-18-31(19-22-36)32-20-24-39-38-14-5-7-16-42(38)50-43(39)28-32/h2-8,12-25,28-30,33-34H,9-11,26-27H2,1H3/t30-,33-,34+,46?. The Labute approximate surface area is 304 Å². The average Bonchev–Trinajstić information content (AvgIpc) is 3.53. The summed E-state index contributed by atoms with van der Waals surface area (Å²) in [5, 5.41) is 2.60. The zero-order chi connectivity index (χ0) is 34.3. The van der Waals surface area contributed by atoms with Gasteiger partial charge < -0.3 is 4.90 Å². The normalized spacial score (nSPS) is 23.2. The van der Waals surface area contributed by atoms with E-state index in [4.69, 9.17) is 0 Å². The lowest BCUT2D eigenvalue weighted by Gasteiger charge is -2.57. The third-order valence-electron chi connectivity index (χ3n) is 12.2. The summed E-state index contributed by atoms with van der Waals surface area (Å²) in [6, 6.07) is 48.6. The van der Waals surface area contributed by atoms with E-state index in [1.807, 2.05) is 53.8 Å². The fraction of sp³-hybridized carbons (Fsp3) is 0.217. The van der Waals surface area contributed by atoms with Crippen LogP contribution in [0.2, 0.25) is 0 Å². The minimum absolute atomic E-state index is 0.269. The van der Waals surface area contributed by atoms with E-state index in [2.05, 4.69) is 109 Å². The van der Waals surface area contributed by atoms with E-state index in [9.17, 15) is 8.42 Å². The van der Waals surface area contributed by atoms with Crippen LogP contribution in [0.5, 0.6) is 0 Å². The van der Waals surface area contributed by atoms with Gasteiger partial charge in [-0.05, 0) is 120 Å². The number of thiophene rings is 1. The molecule has 2 fully saturated rings. The molecule has 1 aliphatic heterocycles. The summed E-state index contributed by atoms with van der Waals surface area (Å²) < 4.78 is 32.0. The molecule has 5 heteroatoms. The summed E-state index contributed by atoms with van der Waals surface area (Å²) in [5.74, 6) is 1.53. The second-order valence-electron chi connectivity index (χ2n) is 15.0. The number of para-hydroxylation sites is 1. The molecule has 2 heterocycles. The second-order valence-corrected chi connectivity index (χ2v) is 17.9. The lowest BCUT2D eigenvalue weighted by Crippen LogP contribution is -2.53. The molecule has 1 spiro atoms. The monoisotopic (exact) mass is 701 g/mol. The Morgan fingerprint density at radius 3 is 2.02 bits per heavy atom. The maximum atomic E-state index is 14.7. The van der Waals surface area contributed by atoms with Crippen molar-refractivity contribution in [1.82, 2.24) is 0 Å². The molecule has 3 nitrogen and oxygen atoms in total. The molecule has 4 atom stereocenters. The minimum atomic E-state index is -3.74. The molecule has 2 saturated carbocycles. The van der Waals surface area contributed by atoms with Crippen LogP contribution in [-0.2, 0) is 15.3 Å². The molecule has 0 N–H and O–H groups in total. The largest absolute Gasteiger partial charge is 0.310 e. The van der Waals surface area contributed by atoms with Gasteiger partial charge in [-0.3, -0.25) is 0 Å². The Balaban J connectivity index is 1.10. The lowest BCUT2D eigenvalue weighted by atomic mass is 9.48. The van der Waals surface area contributed by atoms with Gasteiger partial charge in [0, 0.05) is 42.6 Å². The Morgan fingerprint density at radius 1 is 0.588 bits per heavy atom. The highest BCUT2D eigenvalue weighted by molar-refractivity contribution is 7.91. The molecule has 2 bridgehead atoms. The van der Waals surface area contributed by atoms with Crippen molar-refractivity contribution >= 4 is 58.4 Å².